The first kappa shape index (κ1) is 22.2. The summed E-state index contributed by atoms with van der Waals surface area (Å²) in [6, 6.07) is 1.95. The average molecular weight is 435 g/mol. The van der Waals surface area contributed by atoms with Crippen molar-refractivity contribution in [2.75, 3.05) is 20.1 Å². The van der Waals surface area contributed by atoms with Gasteiger partial charge in [0.15, 0.2) is 5.96 Å². The first-order valence-corrected chi connectivity index (χ1v) is 8.49. The minimum atomic E-state index is 0. The topological polar surface area (TPSA) is 54.2 Å². The first-order valence-electron chi connectivity index (χ1n) is 8.49. The number of hydrogen-bond donors (Lipinski definition) is 2. The molecule has 0 bridgehead atoms. The van der Waals surface area contributed by atoms with E-state index in [-0.39, 0.29) is 24.0 Å². The number of nitrogens with one attached hydrogen (secondary N) is 2. The van der Waals surface area contributed by atoms with Gasteiger partial charge in [-0.2, -0.15) is 5.10 Å². The third-order valence-corrected chi connectivity index (χ3v) is 3.83. The second kappa shape index (κ2) is 12.6. The number of aliphatic imine (C=N–C) groups is 1. The van der Waals surface area contributed by atoms with E-state index in [0.717, 1.165) is 32.0 Å². The van der Waals surface area contributed by atoms with Crippen LogP contribution in [0.2, 0.25) is 0 Å². The summed E-state index contributed by atoms with van der Waals surface area (Å²) in [5, 5.41) is 11.0. The summed E-state index contributed by atoms with van der Waals surface area (Å²) >= 11 is 0. The Hall–Kier alpha value is -0.790. The predicted molar refractivity (Wildman–Crippen MR) is 110 cm³/mol. The molecule has 0 amide bonds. The van der Waals surface area contributed by atoms with Crippen LogP contribution in [0.3, 0.4) is 0 Å². The number of nitrogens with zero attached hydrogens (tertiary/aromatic N) is 3. The largest absolute Gasteiger partial charge is 0.356 e. The summed E-state index contributed by atoms with van der Waals surface area (Å²) in [7, 11) is 1.83. The molecule has 0 aliphatic carbocycles. The van der Waals surface area contributed by atoms with Crippen LogP contribution in [-0.2, 0) is 6.54 Å². The van der Waals surface area contributed by atoms with Crippen molar-refractivity contribution >= 4 is 29.9 Å². The number of guanidine groups is 1. The number of rotatable bonds is 10. The molecule has 1 aromatic rings. The molecule has 1 aromatic heterocycles. The van der Waals surface area contributed by atoms with Crippen LogP contribution in [0.1, 0.15) is 52.9 Å². The Bertz CT molecular complexity index is 415. The zero-order chi connectivity index (χ0) is 16.3. The Balaban J connectivity index is 0.00000484. The van der Waals surface area contributed by atoms with Crippen LogP contribution in [0.5, 0.6) is 0 Å². The molecule has 1 heterocycles. The van der Waals surface area contributed by atoms with Crippen molar-refractivity contribution in [3.8, 4) is 0 Å². The molecule has 0 unspecified atom stereocenters. The van der Waals surface area contributed by atoms with E-state index >= 15 is 0 Å². The summed E-state index contributed by atoms with van der Waals surface area (Å²) < 4.78 is 1.95. The molecule has 0 saturated heterocycles. The van der Waals surface area contributed by atoms with E-state index < -0.39 is 0 Å². The normalized spacial score (nSPS) is 11.9. The van der Waals surface area contributed by atoms with Crippen molar-refractivity contribution in [2.45, 2.75) is 59.4 Å². The Morgan fingerprint density at radius 1 is 1.22 bits per heavy atom. The second-order valence-electron chi connectivity index (χ2n) is 6.60. The highest BCUT2D eigenvalue weighted by atomic mass is 127. The van der Waals surface area contributed by atoms with Gasteiger partial charge in [-0.15, -0.1) is 24.0 Å². The van der Waals surface area contributed by atoms with Gasteiger partial charge in [0.2, 0.25) is 0 Å². The van der Waals surface area contributed by atoms with E-state index in [1.54, 1.807) is 0 Å². The third-order valence-electron chi connectivity index (χ3n) is 3.83. The molecule has 0 fully saturated rings. The van der Waals surface area contributed by atoms with E-state index in [4.69, 9.17) is 0 Å². The highest BCUT2D eigenvalue weighted by Gasteiger charge is 2.17. The lowest BCUT2D eigenvalue weighted by atomic mass is 9.87. The molecular formula is C17H34IN5. The molecule has 23 heavy (non-hydrogen) atoms. The fourth-order valence-electron chi connectivity index (χ4n) is 2.37. The van der Waals surface area contributed by atoms with Crippen LogP contribution in [-0.4, -0.2) is 35.9 Å². The van der Waals surface area contributed by atoms with Gasteiger partial charge in [-0.3, -0.25) is 9.67 Å². The zero-order valence-corrected chi connectivity index (χ0v) is 17.5. The van der Waals surface area contributed by atoms with Crippen LogP contribution >= 0.6 is 24.0 Å². The summed E-state index contributed by atoms with van der Waals surface area (Å²) in [6.45, 7) is 9.67. The van der Waals surface area contributed by atoms with Gasteiger partial charge in [-0.05, 0) is 24.3 Å². The molecule has 0 atom stereocenters. The van der Waals surface area contributed by atoms with E-state index in [2.05, 4.69) is 41.5 Å². The lowest BCUT2D eigenvalue weighted by molar-refractivity contribution is 0.318. The van der Waals surface area contributed by atoms with Crippen LogP contribution in [0.15, 0.2) is 23.5 Å². The van der Waals surface area contributed by atoms with Gasteiger partial charge in [-0.1, -0.05) is 40.0 Å². The van der Waals surface area contributed by atoms with E-state index in [1.165, 1.54) is 25.7 Å². The summed E-state index contributed by atoms with van der Waals surface area (Å²) in [4.78, 5) is 4.29. The van der Waals surface area contributed by atoms with Crippen molar-refractivity contribution in [3.05, 3.63) is 18.5 Å². The molecule has 0 radical (unpaired) electrons. The lowest BCUT2D eigenvalue weighted by Crippen LogP contribution is -2.42. The Labute approximate surface area is 158 Å². The number of halogens is 1. The summed E-state index contributed by atoms with van der Waals surface area (Å²) in [5.74, 6) is 0.893. The van der Waals surface area contributed by atoms with Crippen LogP contribution in [0.4, 0.5) is 0 Å². The van der Waals surface area contributed by atoms with Crippen molar-refractivity contribution in [1.82, 2.24) is 20.4 Å². The predicted octanol–water partition coefficient (Wildman–Crippen LogP) is 3.66. The van der Waals surface area contributed by atoms with Gasteiger partial charge < -0.3 is 10.6 Å². The number of aromatic nitrogens is 2. The standard InChI is InChI=1S/C17H33N5.HI/c1-5-6-7-10-17(2,3)15-20-16(18-4)19-11-8-13-22-14-9-12-21-22;/h9,12,14H,5-8,10-11,13,15H2,1-4H3,(H2,18,19,20);1H. The molecule has 0 aromatic carbocycles. The molecule has 0 spiro atoms. The Kier molecular flexibility index (Phi) is 12.2. The highest BCUT2D eigenvalue weighted by Crippen LogP contribution is 2.22. The fraction of sp³-hybridized carbons (Fsp3) is 0.765. The first-order chi connectivity index (χ1) is 10.6. The van der Waals surface area contributed by atoms with Crippen molar-refractivity contribution < 1.29 is 0 Å². The van der Waals surface area contributed by atoms with Crippen LogP contribution in [0, 0.1) is 5.41 Å². The Morgan fingerprint density at radius 3 is 2.61 bits per heavy atom. The Morgan fingerprint density at radius 2 is 2.00 bits per heavy atom. The molecule has 0 saturated carbocycles. The molecule has 0 aliphatic heterocycles. The molecule has 0 aliphatic rings. The van der Waals surface area contributed by atoms with Crippen LogP contribution < -0.4 is 10.6 Å². The third kappa shape index (κ3) is 10.6. The van der Waals surface area contributed by atoms with Gasteiger partial charge >= 0.3 is 0 Å². The maximum absolute atomic E-state index is 4.29. The second-order valence-corrected chi connectivity index (χ2v) is 6.60. The van der Waals surface area contributed by atoms with Crippen molar-refractivity contribution in [3.63, 3.8) is 0 Å². The maximum Gasteiger partial charge on any atom is 0.190 e. The minimum Gasteiger partial charge on any atom is -0.356 e. The smallest absolute Gasteiger partial charge is 0.190 e. The molecule has 134 valence electrons. The SMILES string of the molecule is CCCCCC(C)(C)CNC(=NC)NCCCn1cccn1.I. The van der Waals surface area contributed by atoms with Crippen molar-refractivity contribution in [2.24, 2.45) is 10.4 Å². The monoisotopic (exact) mass is 435 g/mol. The van der Waals surface area contributed by atoms with E-state index in [1.807, 2.05) is 30.2 Å². The molecule has 5 nitrogen and oxygen atoms in total. The number of aryl methyl sites for hydroxylation is 1. The molecular weight excluding hydrogens is 401 g/mol. The highest BCUT2D eigenvalue weighted by molar-refractivity contribution is 14.0. The zero-order valence-electron chi connectivity index (χ0n) is 15.1. The van der Waals surface area contributed by atoms with E-state index in [0.29, 0.717) is 5.41 Å². The minimum absolute atomic E-state index is 0. The molecule has 6 heteroatoms. The number of unbranched alkanes of at least 4 members (excludes halogenated alkanes) is 2. The molecule has 1 rings (SSSR count). The fourth-order valence-corrected chi connectivity index (χ4v) is 2.37. The van der Waals surface area contributed by atoms with Crippen molar-refractivity contribution in [1.29, 1.82) is 0 Å². The van der Waals surface area contributed by atoms with Gasteiger partial charge in [-0.25, -0.2) is 0 Å². The van der Waals surface area contributed by atoms with Gasteiger partial charge in [0.25, 0.3) is 0 Å². The van der Waals surface area contributed by atoms with Gasteiger partial charge in [0.05, 0.1) is 0 Å². The van der Waals surface area contributed by atoms with E-state index in [9.17, 15) is 0 Å². The van der Waals surface area contributed by atoms with Gasteiger partial charge in [0.1, 0.15) is 0 Å². The maximum atomic E-state index is 4.29. The number of hydrogen-bond acceptors (Lipinski definition) is 2. The van der Waals surface area contributed by atoms with Gasteiger partial charge in [0, 0.05) is 39.1 Å². The summed E-state index contributed by atoms with van der Waals surface area (Å²) in [6.07, 6.45) is 10.0. The molecule has 2 N–H and O–H groups in total. The summed E-state index contributed by atoms with van der Waals surface area (Å²) in [5.41, 5.74) is 0.307. The van der Waals surface area contributed by atoms with Crippen LogP contribution in [0.25, 0.3) is 0 Å². The quantitative estimate of drug-likeness (QED) is 0.255. The average Bonchev–Trinajstić information content (AvgIpc) is 3.00. The lowest BCUT2D eigenvalue weighted by Gasteiger charge is -2.26.